The summed E-state index contributed by atoms with van der Waals surface area (Å²) >= 11 is 6.16. The van der Waals surface area contributed by atoms with Crippen LogP contribution in [-0.2, 0) is 22.5 Å². The fourth-order valence-corrected chi connectivity index (χ4v) is 3.23. The number of amides is 2. The molecule has 6 nitrogen and oxygen atoms in total. The van der Waals surface area contributed by atoms with Crippen molar-refractivity contribution in [1.82, 2.24) is 4.90 Å². The fraction of sp³-hybridized carbons (Fsp3) is 0.417. The molecule has 0 bridgehead atoms. The number of nitrogens with one attached hydrogen (secondary N) is 1. The lowest BCUT2D eigenvalue weighted by Crippen LogP contribution is -2.36. The summed E-state index contributed by atoms with van der Waals surface area (Å²) in [6.07, 6.45) is 0.476. The molecule has 0 unspecified atom stereocenters. The number of para-hydroxylation sites is 1. The first-order chi connectivity index (χ1) is 14.6. The van der Waals surface area contributed by atoms with Gasteiger partial charge in [-0.3, -0.25) is 4.79 Å². The van der Waals surface area contributed by atoms with Crippen LogP contribution < -0.4 is 10.1 Å². The van der Waals surface area contributed by atoms with Crippen LogP contribution in [0.4, 0.5) is 10.5 Å². The van der Waals surface area contributed by atoms with Crippen LogP contribution in [0.1, 0.15) is 45.2 Å². The first kappa shape index (κ1) is 24.5. The first-order valence-electron chi connectivity index (χ1n) is 10.3. The number of hydrogen-bond donors (Lipinski definition) is 1. The van der Waals surface area contributed by atoms with Gasteiger partial charge in [0.05, 0.1) is 18.7 Å². The molecule has 0 radical (unpaired) electrons. The highest BCUT2D eigenvalue weighted by molar-refractivity contribution is 6.32. The van der Waals surface area contributed by atoms with Gasteiger partial charge < -0.3 is 19.7 Å². The Labute approximate surface area is 189 Å². The molecule has 0 aromatic heterocycles. The summed E-state index contributed by atoms with van der Waals surface area (Å²) < 4.78 is 10.6. The molecular weight excluding hydrogens is 416 g/mol. The lowest BCUT2D eigenvalue weighted by Gasteiger charge is -2.27. The molecule has 0 aliphatic heterocycles. The summed E-state index contributed by atoms with van der Waals surface area (Å²) in [5, 5.41) is 3.48. The summed E-state index contributed by atoms with van der Waals surface area (Å²) in [6, 6.07) is 13.0. The number of rotatable bonds is 8. The van der Waals surface area contributed by atoms with Crippen LogP contribution in [0, 0.1) is 0 Å². The van der Waals surface area contributed by atoms with Gasteiger partial charge in [0, 0.05) is 18.7 Å². The smallest absolute Gasteiger partial charge is 0.410 e. The molecule has 0 aliphatic rings. The van der Waals surface area contributed by atoms with Gasteiger partial charge in [-0.05, 0) is 63.4 Å². The predicted octanol–water partition coefficient (Wildman–Crippen LogP) is 5.68. The van der Waals surface area contributed by atoms with Crippen molar-refractivity contribution in [3.8, 4) is 5.75 Å². The summed E-state index contributed by atoms with van der Waals surface area (Å²) in [5.41, 5.74) is 1.91. The second kappa shape index (κ2) is 11.0. The molecular formula is C24H31ClN2O4. The van der Waals surface area contributed by atoms with E-state index in [1.165, 1.54) is 0 Å². The number of ether oxygens (including phenoxy) is 2. The van der Waals surface area contributed by atoms with Gasteiger partial charge in [-0.1, -0.05) is 35.9 Å². The number of benzene rings is 2. The zero-order valence-corrected chi connectivity index (χ0v) is 19.6. The Morgan fingerprint density at radius 1 is 1.13 bits per heavy atom. The molecule has 7 heteroatoms. The van der Waals surface area contributed by atoms with Crippen molar-refractivity contribution in [2.24, 2.45) is 0 Å². The number of nitrogens with zero attached hydrogens (tertiary/aromatic N) is 1. The molecule has 1 N–H and O–H groups in total. The molecule has 0 fully saturated rings. The Kier molecular flexibility index (Phi) is 8.75. The summed E-state index contributed by atoms with van der Waals surface area (Å²) in [6.45, 7) is 8.24. The Morgan fingerprint density at radius 2 is 1.84 bits per heavy atom. The van der Waals surface area contributed by atoms with E-state index < -0.39 is 5.60 Å². The molecule has 2 aromatic carbocycles. The van der Waals surface area contributed by atoms with E-state index in [1.807, 2.05) is 64.1 Å². The van der Waals surface area contributed by atoms with E-state index in [-0.39, 0.29) is 12.0 Å². The minimum Gasteiger partial charge on any atom is -0.495 e. The van der Waals surface area contributed by atoms with Crippen molar-refractivity contribution in [3.05, 3.63) is 58.6 Å². The maximum Gasteiger partial charge on any atom is 0.410 e. The highest BCUT2D eigenvalue weighted by Gasteiger charge is 2.22. The van der Waals surface area contributed by atoms with E-state index in [0.29, 0.717) is 42.4 Å². The minimum absolute atomic E-state index is 0.111. The van der Waals surface area contributed by atoms with Crippen LogP contribution in [-0.4, -0.2) is 36.2 Å². The van der Waals surface area contributed by atoms with Crippen LogP contribution in [0.5, 0.6) is 5.75 Å². The van der Waals surface area contributed by atoms with Crippen LogP contribution in [0.25, 0.3) is 0 Å². The lowest BCUT2D eigenvalue weighted by atomic mass is 10.1. The normalized spacial score (nSPS) is 11.0. The van der Waals surface area contributed by atoms with Crippen molar-refractivity contribution in [2.45, 2.75) is 52.7 Å². The molecule has 0 saturated carbocycles. The highest BCUT2D eigenvalue weighted by Crippen LogP contribution is 2.25. The van der Waals surface area contributed by atoms with Crippen LogP contribution in [0.3, 0.4) is 0 Å². The number of carbonyl (C=O) groups excluding carboxylic acids is 2. The Balaban J connectivity index is 2.01. The second-order valence-electron chi connectivity index (χ2n) is 8.17. The highest BCUT2D eigenvalue weighted by atomic mass is 35.5. The third kappa shape index (κ3) is 7.79. The van der Waals surface area contributed by atoms with Crippen LogP contribution >= 0.6 is 11.6 Å². The van der Waals surface area contributed by atoms with Crippen LogP contribution in [0.2, 0.25) is 5.02 Å². The van der Waals surface area contributed by atoms with Crippen molar-refractivity contribution in [1.29, 1.82) is 0 Å². The largest absolute Gasteiger partial charge is 0.495 e. The zero-order chi connectivity index (χ0) is 23.0. The van der Waals surface area contributed by atoms with Crippen LogP contribution in [0.15, 0.2) is 42.5 Å². The second-order valence-corrected chi connectivity index (χ2v) is 8.58. The van der Waals surface area contributed by atoms with Gasteiger partial charge in [-0.15, -0.1) is 0 Å². The predicted molar refractivity (Wildman–Crippen MR) is 124 cm³/mol. The number of carbonyl (C=O) groups is 2. The standard InChI is InChI=1S/C24H31ClN2O4/c1-6-27(23(29)31-24(2,3)4)16-18-9-7-8-10-20(18)26-22(28)14-12-17-11-13-21(30-5)19(25)15-17/h7-11,13,15H,6,12,14,16H2,1-5H3,(H,26,28). The molecule has 2 rings (SSSR count). The molecule has 2 aromatic rings. The maximum atomic E-state index is 12.5. The Morgan fingerprint density at radius 3 is 2.45 bits per heavy atom. The monoisotopic (exact) mass is 446 g/mol. The third-order valence-corrected chi connectivity index (χ3v) is 4.84. The van der Waals surface area contributed by atoms with E-state index in [0.717, 1.165) is 11.1 Å². The average Bonchev–Trinajstić information content (AvgIpc) is 2.70. The number of aryl methyl sites for hydroxylation is 1. The maximum absolute atomic E-state index is 12.5. The fourth-order valence-electron chi connectivity index (χ4n) is 2.95. The molecule has 0 atom stereocenters. The molecule has 2 amide bonds. The molecule has 0 heterocycles. The number of halogens is 1. The van der Waals surface area contributed by atoms with Crippen molar-refractivity contribution < 1.29 is 19.1 Å². The van der Waals surface area contributed by atoms with E-state index in [1.54, 1.807) is 18.1 Å². The average molecular weight is 447 g/mol. The minimum atomic E-state index is -0.567. The SMILES string of the molecule is CCN(Cc1ccccc1NC(=O)CCc1ccc(OC)c(Cl)c1)C(=O)OC(C)(C)C. The summed E-state index contributed by atoms with van der Waals surface area (Å²) in [5.74, 6) is 0.494. The molecule has 0 spiro atoms. The molecule has 0 aliphatic carbocycles. The molecule has 168 valence electrons. The number of anilines is 1. The Hall–Kier alpha value is -2.73. The van der Waals surface area contributed by atoms with Crippen molar-refractivity contribution >= 4 is 29.3 Å². The van der Waals surface area contributed by atoms with E-state index in [9.17, 15) is 9.59 Å². The van der Waals surface area contributed by atoms with Gasteiger partial charge >= 0.3 is 6.09 Å². The number of hydrogen-bond acceptors (Lipinski definition) is 4. The topological polar surface area (TPSA) is 67.9 Å². The van der Waals surface area contributed by atoms with Gasteiger partial charge in [0.15, 0.2) is 0 Å². The van der Waals surface area contributed by atoms with Gasteiger partial charge in [-0.2, -0.15) is 0 Å². The van der Waals surface area contributed by atoms with Gasteiger partial charge in [0.25, 0.3) is 0 Å². The molecule has 31 heavy (non-hydrogen) atoms. The van der Waals surface area contributed by atoms with Gasteiger partial charge in [0.1, 0.15) is 11.4 Å². The van der Waals surface area contributed by atoms with Crippen molar-refractivity contribution in [2.75, 3.05) is 19.0 Å². The zero-order valence-electron chi connectivity index (χ0n) is 18.8. The van der Waals surface area contributed by atoms with Gasteiger partial charge in [0.2, 0.25) is 5.91 Å². The summed E-state index contributed by atoms with van der Waals surface area (Å²) in [4.78, 5) is 26.6. The quantitative estimate of drug-likeness (QED) is 0.566. The van der Waals surface area contributed by atoms with Crippen molar-refractivity contribution in [3.63, 3.8) is 0 Å². The van der Waals surface area contributed by atoms with E-state index >= 15 is 0 Å². The first-order valence-corrected chi connectivity index (χ1v) is 10.7. The summed E-state index contributed by atoms with van der Waals surface area (Å²) in [7, 11) is 1.56. The molecule has 0 saturated heterocycles. The van der Waals surface area contributed by atoms with Gasteiger partial charge in [-0.25, -0.2) is 4.79 Å². The van der Waals surface area contributed by atoms with E-state index in [2.05, 4.69) is 5.32 Å². The lowest BCUT2D eigenvalue weighted by molar-refractivity contribution is -0.116. The Bertz CT molecular complexity index is 909. The van der Waals surface area contributed by atoms with E-state index in [4.69, 9.17) is 21.1 Å². The third-order valence-electron chi connectivity index (χ3n) is 4.54. The number of methoxy groups -OCH3 is 1.